The molecule has 4 nitrogen and oxygen atoms in total. The lowest BCUT2D eigenvalue weighted by atomic mass is 10.0. The van der Waals surface area contributed by atoms with E-state index in [2.05, 4.69) is 11.7 Å². The Balaban J connectivity index is 4.16. The van der Waals surface area contributed by atoms with Crippen LogP contribution in [-0.2, 0) is 14.3 Å². The number of ether oxygens (including phenoxy) is 1. The van der Waals surface area contributed by atoms with Gasteiger partial charge in [-0.1, -0.05) is 20.3 Å². The first-order valence-electron chi connectivity index (χ1n) is 5.39. The molecule has 1 atom stereocenters. The van der Waals surface area contributed by atoms with Crippen molar-refractivity contribution < 1.29 is 14.3 Å². The first kappa shape index (κ1) is 13.9. The van der Waals surface area contributed by atoms with Crippen LogP contribution in [0.3, 0.4) is 0 Å². The number of rotatable bonds is 6. The highest BCUT2D eigenvalue weighted by Gasteiger charge is 2.17. The van der Waals surface area contributed by atoms with Crippen LogP contribution in [0, 0.1) is 5.92 Å². The Morgan fingerprint density at radius 2 is 1.93 bits per heavy atom. The monoisotopic (exact) mass is 215 g/mol. The predicted octanol–water partition coefficient (Wildman–Crippen LogP) is 1.44. The van der Waals surface area contributed by atoms with Gasteiger partial charge in [0.25, 0.3) is 0 Å². The van der Waals surface area contributed by atoms with Crippen molar-refractivity contribution in [1.29, 1.82) is 0 Å². The van der Waals surface area contributed by atoms with Crippen molar-refractivity contribution in [2.45, 2.75) is 33.6 Å². The smallest absolute Gasteiger partial charge is 0.325 e. The molecule has 0 bridgehead atoms. The van der Waals surface area contributed by atoms with Gasteiger partial charge in [-0.2, -0.15) is 0 Å². The third kappa shape index (κ3) is 5.40. The van der Waals surface area contributed by atoms with Gasteiger partial charge in [-0.3, -0.25) is 9.59 Å². The second-order valence-corrected chi connectivity index (χ2v) is 3.70. The SMILES string of the molecule is CCC(C)CC(=O)N(CC)CC(=O)OC. The zero-order valence-corrected chi connectivity index (χ0v) is 10.1. The molecule has 0 aromatic carbocycles. The second-order valence-electron chi connectivity index (χ2n) is 3.70. The summed E-state index contributed by atoms with van der Waals surface area (Å²) >= 11 is 0. The van der Waals surface area contributed by atoms with Crippen LogP contribution in [0.25, 0.3) is 0 Å². The van der Waals surface area contributed by atoms with E-state index >= 15 is 0 Å². The fourth-order valence-electron chi connectivity index (χ4n) is 1.17. The summed E-state index contributed by atoms with van der Waals surface area (Å²) < 4.78 is 4.53. The number of nitrogens with zero attached hydrogens (tertiary/aromatic N) is 1. The van der Waals surface area contributed by atoms with Gasteiger partial charge in [0.05, 0.1) is 7.11 Å². The number of carbonyl (C=O) groups is 2. The molecule has 1 unspecified atom stereocenters. The van der Waals surface area contributed by atoms with Gasteiger partial charge in [0.15, 0.2) is 0 Å². The minimum atomic E-state index is -0.366. The number of likely N-dealkylation sites (N-methyl/N-ethyl adjacent to an activating group) is 1. The molecule has 0 aliphatic heterocycles. The van der Waals surface area contributed by atoms with Crippen LogP contribution in [-0.4, -0.2) is 37.0 Å². The molecular formula is C11H21NO3. The summed E-state index contributed by atoms with van der Waals surface area (Å²) in [4.78, 5) is 24.3. The fourth-order valence-corrected chi connectivity index (χ4v) is 1.17. The minimum Gasteiger partial charge on any atom is -0.468 e. The quantitative estimate of drug-likeness (QED) is 0.630. The summed E-state index contributed by atoms with van der Waals surface area (Å²) in [6, 6.07) is 0. The molecule has 0 radical (unpaired) electrons. The van der Waals surface area contributed by atoms with Crippen LogP contribution in [0.1, 0.15) is 33.6 Å². The van der Waals surface area contributed by atoms with E-state index in [9.17, 15) is 9.59 Å². The van der Waals surface area contributed by atoms with Crippen LogP contribution in [0.4, 0.5) is 0 Å². The van der Waals surface area contributed by atoms with E-state index in [4.69, 9.17) is 0 Å². The van der Waals surface area contributed by atoms with Crippen LogP contribution in [0.15, 0.2) is 0 Å². The average Bonchev–Trinajstić information content (AvgIpc) is 2.24. The van der Waals surface area contributed by atoms with Crippen LogP contribution in [0.5, 0.6) is 0 Å². The number of hydrogen-bond acceptors (Lipinski definition) is 3. The van der Waals surface area contributed by atoms with Crippen LogP contribution >= 0.6 is 0 Å². The minimum absolute atomic E-state index is 0.0252. The fraction of sp³-hybridized carbons (Fsp3) is 0.818. The normalized spacial score (nSPS) is 12.0. The Morgan fingerprint density at radius 3 is 2.33 bits per heavy atom. The standard InChI is InChI=1S/C11H21NO3/c1-5-9(3)7-10(13)12(6-2)8-11(14)15-4/h9H,5-8H2,1-4H3. The number of methoxy groups -OCH3 is 1. The molecule has 0 aromatic rings. The average molecular weight is 215 g/mol. The highest BCUT2D eigenvalue weighted by atomic mass is 16.5. The summed E-state index contributed by atoms with van der Waals surface area (Å²) in [6.07, 6.45) is 1.48. The third-order valence-corrected chi connectivity index (χ3v) is 2.50. The first-order valence-corrected chi connectivity index (χ1v) is 5.39. The number of carbonyl (C=O) groups excluding carboxylic acids is 2. The Hall–Kier alpha value is -1.06. The van der Waals surface area contributed by atoms with Gasteiger partial charge in [0.1, 0.15) is 6.54 Å². The maximum Gasteiger partial charge on any atom is 0.325 e. The molecule has 0 spiro atoms. The van der Waals surface area contributed by atoms with E-state index in [1.54, 1.807) is 0 Å². The Kier molecular flexibility index (Phi) is 6.75. The molecule has 1 amide bonds. The van der Waals surface area contributed by atoms with Gasteiger partial charge in [-0.25, -0.2) is 0 Å². The van der Waals surface area contributed by atoms with Crippen LogP contribution in [0.2, 0.25) is 0 Å². The maximum atomic E-state index is 11.7. The molecular weight excluding hydrogens is 194 g/mol. The largest absolute Gasteiger partial charge is 0.468 e. The predicted molar refractivity (Wildman–Crippen MR) is 58.3 cm³/mol. The van der Waals surface area contributed by atoms with Crippen molar-refractivity contribution in [2.75, 3.05) is 20.2 Å². The van der Waals surface area contributed by atoms with Crippen molar-refractivity contribution in [2.24, 2.45) is 5.92 Å². The number of amides is 1. The van der Waals surface area contributed by atoms with E-state index in [1.807, 2.05) is 13.8 Å². The van der Waals surface area contributed by atoms with Crippen molar-refractivity contribution in [3.63, 3.8) is 0 Å². The van der Waals surface area contributed by atoms with E-state index in [1.165, 1.54) is 12.0 Å². The highest BCUT2D eigenvalue weighted by molar-refractivity contribution is 5.82. The number of hydrogen-bond donors (Lipinski definition) is 0. The molecule has 15 heavy (non-hydrogen) atoms. The van der Waals surface area contributed by atoms with Gasteiger partial charge in [-0.05, 0) is 12.8 Å². The van der Waals surface area contributed by atoms with Gasteiger partial charge in [0.2, 0.25) is 5.91 Å². The summed E-state index contributed by atoms with van der Waals surface area (Å²) in [5.74, 6) is 0.0239. The molecule has 0 N–H and O–H groups in total. The van der Waals surface area contributed by atoms with E-state index in [0.29, 0.717) is 18.9 Å². The summed E-state index contributed by atoms with van der Waals surface area (Å²) in [6.45, 7) is 6.54. The molecule has 0 heterocycles. The van der Waals surface area contributed by atoms with Gasteiger partial charge in [0, 0.05) is 13.0 Å². The van der Waals surface area contributed by atoms with Gasteiger partial charge < -0.3 is 9.64 Å². The molecule has 0 aliphatic carbocycles. The lowest BCUT2D eigenvalue weighted by Gasteiger charge is -2.20. The Morgan fingerprint density at radius 1 is 1.33 bits per heavy atom. The number of esters is 1. The zero-order valence-electron chi connectivity index (χ0n) is 10.1. The summed E-state index contributed by atoms with van der Waals surface area (Å²) in [5, 5.41) is 0. The van der Waals surface area contributed by atoms with E-state index in [-0.39, 0.29) is 18.4 Å². The molecule has 0 fully saturated rings. The topological polar surface area (TPSA) is 46.6 Å². The van der Waals surface area contributed by atoms with Crippen molar-refractivity contribution in [3.8, 4) is 0 Å². The molecule has 0 saturated carbocycles. The maximum absolute atomic E-state index is 11.7. The van der Waals surface area contributed by atoms with Crippen molar-refractivity contribution in [1.82, 2.24) is 4.90 Å². The summed E-state index contributed by atoms with van der Waals surface area (Å²) in [7, 11) is 1.33. The lowest BCUT2D eigenvalue weighted by Crippen LogP contribution is -2.36. The van der Waals surface area contributed by atoms with Crippen molar-refractivity contribution >= 4 is 11.9 Å². The first-order chi connectivity index (χ1) is 7.04. The van der Waals surface area contributed by atoms with Gasteiger partial charge >= 0.3 is 5.97 Å². The van der Waals surface area contributed by atoms with Gasteiger partial charge in [-0.15, -0.1) is 0 Å². The molecule has 4 heteroatoms. The molecule has 0 rings (SSSR count). The Bertz CT molecular complexity index is 216. The molecule has 0 saturated heterocycles. The third-order valence-electron chi connectivity index (χ3n) is 2.50. The zero-order chi connectivity index (χ0) is 11.8. The second kappa shape index (κ2) is 7.26. The Labute approximate surface area is 91.6 Å². The lowest BCUT2D eigenvalue weighted by molar-refractivity contribution is -0.147. The molecule has 0 aromatic heterocycles. The van der Waals surface area contributed by atoms with E-state index < -0.39 is 0 Å². The van der Waals surface area contributed by atoms with E-state index in [0.717, 1.165) is 6.42 Å². The highest BCUT2D eigenvalue weighted by Crippen LogP contribution is 2.08. The van der Waals surface area contributed by atoms with Crippen molar-refractivity contribution in [3.05, 3.63) is 0 Å². The summed E-state index contributed by atoms with van der Waals surface area (Å²) in [5.41, 5.74) is 0. The van der Waals surface area contributed by atoms with Crippen LogP contribution < -0.4 is 0 Å². The molecule has 0 aliphatic rings. The molecule has 88 valence electrons.